The van der Waals surface area contributed by atoms with Gasteiger partial charge in [0.15, 0.2) is 0 Å². The van der Waals surface area contributed by atoms with Gasteiger partial charge in [0.25, 0.3) is 0 Å². The first-order valence-corrected chi connectivity index (χ1v) is 10.3. The maximum absolute atomic E-state index is 11.9. The van der Waals surface area contributed by atoms with Crippen LogP contribution in [0.1, 0.15) is 59.3 Å². The number of fused-ring (bicyclic) bond motifs is 5. The summed E-state index contributed by atoms with van der Waals surface area (Å²) in [5, 5.41) is 66.6. The molecule has 0 spiro atoms. The SMILES string of the molecule is CC(O)C1CCC2(O)C3(O)CC=C4CC(O)CCC4(C)C3C(O)C(O)C12C. The fourth-order valence-corrected chi connectivity index (χ4v) is 7.57. The quantitative estimate of drug-likeness (QED) is 0.367. The summed E-state index contributed by atoms with van der Waals surface area (Å²) >= 11 is 0. The van der Waals surface area contributed by atoms with Gasteiger partial charge in [0.05, 0.1) is 24.4 Å². The molecule has 6 nitrogen and oxygen atoms in total. The van der Waals surface area contributed by atoms with Gasteiger partial charge in [-0.3, -0.25) is 0 Å². The smallest absolute Gasteiger partial charge is 0.104 e. The molecule has 6 N–H and O–H groups in total. The van der Waals surface area contributed by atoms with Crippen molar-refractivity contribution in [3.63, 3.8) is 0 Å². The lowest BCUT2D eigenvalue weighted by atomic mass is 9.42. The van der Waals surface area contributed by atoms with Crippen molar-refractivity contribution in [1.82, 2.24) is 0 Å². The molecule has 0 aliphatic heterocycles. The Morgan fingerprint density at radius 2 is 1.74 bits per heavy atom. The second-order valence-electron chi connectivity index (χ2n) is 10.1. The van der Waals surface area contributed by atoms with E-state index in [1.54, 1.807) is 13.8 Å². The predicted octanol–water partition coefficient (Wildman–Crippen LogP) is 0.478. The standard InChI is InChI=1S/C21H34O6/c1-11(22)14-6-9-21(27)19(14,3)17(25)15(24)16-18(2)7-5-13(23)10-12(18)4-8-20(16,21)26/h4,11,13-17,22-27H,5-10H2,1-3H3. The Labute approximate surface area is 160 Å². The molecule has 0 aromatic heterocycles. The van der Waals surface area contributed by atoms with Crippen LogP contribution in [0.4, 0.5) is 0 Å². The van der Waals surface area contributed by atoms with Crippen molar-refractivity contribution in [1.29, 1.82) is 0 Å². The van der Waals surface area contributed by atoms with Gasteiger partial charge in [-0.25, -0.2) is 0 Å². The van der Waals surface area contributed by atoms with Crippen LogP contribution in [0.5, 0.6) is 0 Å². The van der Waals surface area contributed by atoms with Crippen LogP contribution >= 0.6 is 0 Å². The Morgan fingerprint density at radius 1 is 1.07 bits per heavy atom. The average molecular weight is 382 g/mol. The minimum atomic E-state index is -1.61. The Morgan fingerprint density at radius 3 is 2.37 bits per heavy atom. The zero-order chi connectivity index (χ0) is 20.0. The first-order chi connectivity index (χ1) is 12.4. The Bertz CT molecular complexity index is 663. The van der Waals surface area contributed by atoms with Gasteiger partial charge in [0, 0.05) is 11.3 Å². The van der Waals surface area contributed by atoms with Crippen molar-refractivity contribution in [2.45, 2.75) is 94.9 Å². The molecule has 4 rings (SSSR count). The number of hydrogen-bond donors (Lipinski definition) is 6. The van der Waals surface area contributed by atoms with Gasteiger partial charge in [-0.05, 0) is 56.8 Å². The van der Waals surface area contributed by atoms with Gasteiger partial charge in [0.1, 0.15) is 11.2 Å². The maximum atomic E-state index is 11.9. The molecule has 0 amide bonds. The van der Waals surface area contributed by atoms with Crippen LogP contribution in [0.3, 0.4) is 0 Å². The van der Waals surface area contributed by atoms with Gasteiger partial charge in [-0.2, -0.15) is 0 Å². The van der Waals surface area contributed by atoms with E-state index in [9.17, 15) is 30.6 Å². The summed E-state index contributed by atoms with van der Waals surface area (Å²) in [6, 6.07) is 0. The second kappa shape index (κ2) is 5.77. The van der Waals surface area contributed by atoms with Crippen LogP contribution in [0, 0.1) is 22.7 Å². The van der Waals surface area contributed by atoms with Crippen molar-refractivity contribution < 1.29 is 30.6 Å². The highest BCUT2D eigenvalue weighted by Crippen LogP contribution is 2.69. The van der Waals surface area contributed by atoms with E-state index in [0.717, 1.165) is 5.57 Å². The van der Waals surface area contributed by atoms with Gasteiger partial charge in [0.2, 0.25) is 0 Å². The zero-order valence-electron chi connectivity index (χ0n) is 16.5. The number of rotatable bonds is 1. The second-order valence-corrected chi connectivity index (χ2v) is 10.1. The largest absolute Gasteiger partial charge is 0.393 e. The lowest BCUT2D eigenvalue weighted by molar-refractivity contribution is -0.331. The van der Waals surface area contributed by atoms with Gasteiger partial charge in [-0.1, -0.05) is 25.5 Å². The molecule has 154 valence electrons. The highest BCUT2D eigenvalue weighted by Gasteiger charge is 2.78. The van der Waals surface area contributed by atoms with Crippen molar-refractivity contribution in [2.75, 3.05) is 0 Å². The molecule has 10 unspecified atom stereocenters. The fraction of sp³-hybridized carbons (Fsp3) is 0.905. The molecule has 10 atom stereocenters. The molecule has 4 aliphatic rings. The van der Waals surface area contributed by atoms with Crippen molar-refractivity contribution in [3.05, 3.63) is 11.6 Å². The van der Waals surface area contributed by atoms with Crippen molar-refractivity contribution >= 4 is 0 Å². The Kier molecular flexibility index (Phi) is 4.23. The minimum absolute atomic E-state index is 0.178. The Balaban J connectivity index is 1.88. The molecule has 0 saturated heterocycles. The van der Waals surface area contributed by atoms with Gasteiger partial charge >= 0.3 is 0 Å². The summed E-state index contributed by atoms with van der Waals surface area (Å²) in [4.78, 5) is 0. The van der Waals surface area contributed by atoms with E-state index >= 15 is 0 Å². The van der Waals surface area contributed by atoms with Gasteiger partial charge < -0.3 is 30.6 Å². The van der Waals surface area contributed by atoms with E-state index in [0.29, 0.717) is 25.7 Å². The van der Waals surface area contributed by atoms with Crippen LogP contribution in [-0.2, 0) is 0 Å². The van der Waals surface area contributed by atoms with Gasteiger partial charge in [-0.15, -0.1) is 0 Å². The van der Waals surface area contributed by atoms with Crippen LogP contribution in [0.2, 0.25) is 0 Å². The zero-order valence-corrected chi connectivity index (χ0v) is 16.5. The first-order valence-electron chi connectivity index (χ1n) is 10.3. The van der Waals surface area contributed by atoms with E-state index < -0.39 is 58.3 Å². The number of aliphatic hydroxyl groups excluding tert-OH is 4. The molecule has 3 fully saturated rings. The minimum Gasteiger partial charge on any atom is -0.393 e. The lowest BCUT2D eigenvalue weighted by Crippen LogP contribution is -2.79. The molecule has 3 saturated carbocycles. The van der Waals surface area contributed by atoms with Crippen LogP contribution in [0.15, 0.2) is 11.6 Å². The summed E-state index contributed by atoms with van der Waals surface area (Å²) in [5.74, 6) is -1.14. The third-order valence-corrected chi connectivity index (χ3v) is 9.10. The molecule has 6 heteroatoms. The summed E-state index contributed by atoms with van der Waals surface area (Å²) in [6.07, 6.45) is 0.849. The van der Waals surface area contributed by atoms with Crippen LogP contribution < -0.4 is 0 Å². The van der Waals surface area contributed by atoms with E-state index in [2.05, 4.69) is 0 Å². The third-order valence-electron chi connectivity index (χ3n) is 9.10. The Hall–Kier alpha value is -0.500. The predicted molar refractivity (Wildman–Crippen MR) is 98.6 cm³/mol. The summed E-state index contributed by atoms with van der Waals surface area (Å²) in [7, 11) is 0. The molecule has 0 radical (unpaired) electrons. The van der Waals surface area contributed by atoms with E-state index in [4.69, 9.17) is 0 Å². The molecule has 0 heterocycles. The molecular weight excluding hydrogens is 348 g/mol. The molecular formula is C21H34O6. The number of aliphatic hydroxyl groups is 6. The average Bonchev–Trinajstić information content (AvgIpc) is 2.88. The molecule has 4 aliphatic carbocycles. The van der Waals surface area contributed by atoms with Crippen molar-refractivity contribution in [2.24, 2.45) is 22.7 Å². The summed E-state index contributed by atoms with van der Waals surface area (Å²) in [5.41, 5.74) is -4.00. The van der Waals surface area contributed by atoms with Crippen LogP contribution in [0.25, 0.3) is 0 Å². The molecule has 0 aromatic carbocycles. The lowest BCUT2D eigenvalue weighted by Gasteiger charge is -2.67. The van der Waals surface area contributed by atoms with Crippen molar-refractivity contribution in [3.8, 4) is 0 Å². The molecule has 0 bridgehead atoms. The summed E-state index contributed by atoms with van der Waals surface area (Å²) < 4.78 is 0. The monoisotopic (exact) mass is 382 g/mol. The number of hydrogen-bond acceptors (Lipinski definition) is 6. The van der Waals surface area contributed by atoms with E-state index in [1.807, 2.05) is 13.0 Å². The highest BCUT2D eigenvalue weighted by molar-refractivity contribution is 5.35. The maximum Gasteiger partial charge on any atom is 0.104 e. The summed E-state index contributed by atoms with van der Waals surface area (Å²) in [6.45, 7) is 5.31. The fourth-order valence-electron chi connectivity index (χ4n) is 7.57. The molecule has 0 aromatic rings. The van der Waals surface area contributed by atoms with Crippen LogP contribution in [-0.4, -0.2) is 66.3 Å². The van der Waals surface area contributed by atoms with E-state index in [-0.39, 0.29) is 12.8 Å². The topological polar surface area (TPSA) is 121 Å². The van der Waals surface area contributed by atoms with E-state index in [1.165, 1.54) is 0 Å². The first kappa shape index (κ1) is 19.8. The normalized spacial score (nSPS) is 58.7. The highest BCUT2D eigenvalue weighted by atomic mass is 16.4. The third kappa shape index (κ3) is 2.12. The molecule has 27 heavy (non-hydrogen) atoms.